The molecular formula is C61H99NaO33S. The van der Waals surface area contributed by atoms with Crippen molar-refractivity contribution >= 4 is 16.2 Å². The summed E-state index contributed by atoms with van der Waals surface area (Å²) in [6, 6.07) is 0. The predicted molar refractivity (Wildman–Crippen MR) is 312 cm³/mol. The van der Waals surface area contributed by atoms with Crippen LogP contribution in [0.5, 0.6) is 0 Å². The summed E-state index contributed by atoms with van der Waals surface area (Å²) in [5, 5.41) is 179. The molecule has 0 bridgehead atoms. The van der Waals surface area contributed by atoms with E-state index in [9.17, 15) is 99.5 Å². The van der Waals surface area contributed by atoms with Gasteiger partial charge in [-0.1, -0.05) is 32.4 Å². The average molecular weight is 1420 g/mol. The van der Waals surface area contributed by atoms with Crippen LogP contribution >= 0.6 is 0 Å². The van der Waals surface area contributed by atoms with Crippen LogP contribution < -0.4 is 29.6 Å². The topological polar surface area (TPSA) is 518 Å². The Morgan fingerprint density at radius 2 is 1.14 bits per heavy atom. The Bertz CT molecular complexity index is 2700. The fourth-order valence-electron chi connectivity index (χ4n) is 16.7. The molecule has 3 saturated carbocycles. The molecule has 0 spiro atoms. The van der Waals surface area contributed by atoms with Crippen molar-refractivity contribution < 1.29 is 190 Å². The summed E-state index contributed by atoms with van der Waals surface area (Å²) in [4.78, 5) is 13.2. The molecule has 16 N–H and O–H groups in total. The van der Waals surface area contributed by atoms with Crippen LogP contribution in [0.3, 0.4) is 0 Å². The Kier molecular flexibility index (Phi) is 26.3. The molecule has 33 unspecified atom stereocenters. The van der Waals surface area contributed by atoms with Crippen LogP contribution in [-0.2, 0) is 76.2 Å². The number of Topliss-reactive ketones (excluding diaryl/α,β-unsaturated/α-hetero) is 1. The molecule has 96 heavy (non-hydrogen) atoms. The van der Waals surface area contributed by atoms with Gasteiger partial charge in [0.15, 0.2) is 37.7 Å². The van der Waals surface area contributed by atoms with Crippen LogP contribution in [0.2, 0.25) is 0 Å². The molecule has 10 aliphatic rings. The van der Waals surface area contributed by atoms with Gasteiger partial charge in [-0.15, -0.1) is 0 Å². The molecular weight excluding hydrogens is 1320 g/mol. The summed E-state index contributed by atoms with van der Waals surface area (Å²) in [6.07, 6.45) is -49.5. The van der Waals surface area contributed by atoms with Crippen molar-refractivity contribution in [2.24, 2.45) is 40.9 Å². The molecule has 0 radical (unpaired) electrons. The van der Waals surface area contributed by atoms with Gasteiger partial charge in [-0.25, -0.2) is 8.42 Å². The summed E-state index contributed by atoms with van der Waals surface area (Å²) in [7, 11) is -5.16. The molecule has 6 aliphatic heterocycles. The van der Waals surface area contributed by atoms with E-state index in [1.165, 1.54) is 20.8 Å². The first-order chi connectivity index (χ1) is 44.6. The molecule has 0 amide bonds. The normalized spacial score (nSPS) is 50.7. The van der Waals surface area contributed by atoms with Gasteiger partial charge in [0.25, 0.3) is 0 Å². The van der Waals surface area contributed by atoms with Gasteiger partial charge in [0.2, 0.25) is 10.4 Å². The van der Waals surface area contributed by atoms with Crippen LogP contribution in [0.15, 0.2) is 11.6 Å². The van der Waals surface area contributed by atoms with Gasteiger partial charge in [-0.2, -0.15) is 0 Å². The summed E-state index contributed by atoms with van der Waals surface area (Å²) in [5.74, 6) is -0.912. The standard InChI is InChI=1S/C61H100O33S.Na/c1-21(2)14-25(64)17-61(7,78)31-11-8-27-28(31)9-10-30-29(27)16-34(32-15-26(94-95(79,80)81)12-13-60(30,32)6)86-57-48(77)51(38(67)23(4)84-57)91-58-52(93-55-44(73)41(70)37(66)22(3)83-55)46(75)49(24(5)85-58)89-59-53(92-54-43(72)39(68)33(65)20-82-54)47(76)50(36(19-63)88-59)90-56-45(74)42(71)40(69)35(18-62)87-56;/h10,21-24,26-29,31-59,62-63,65-78H,8-9,11-20H2,1-7H3,(H,79,80,81);/q;+1/p-1/t22?,23?,24?,26-,27?,28?,29?,31-,32?,33?,34-,35?,36?,37?,38?,39?,40?,41?,42?,43?,44?,45?,46?,47?,48?,49?,50?,51?,52?,53?,54?,55?,56?,57?,58?,59?,60+,61-;/m0./s1. The van der Waals surface area contributed by atoms with Crippen LogP contribution in [0, 0.1) is 40.9 Å². The molecule has 6 heterocycles. The number of rotatable bonds is 21. The zero-order valence-corrected chi connectivity index (χ0v) is 57.7. The fraction of sp³-hybridized carbons (Fsp3) is 0.951. The second kappa shape index (κ2) is 31.9. The number of aliphatic hydroxyl groups is 16. The third-order valence-corrected chi connectivity index (χ3v) is 22.3. The maximum Gasteiger partial charge on any atom is 1.00 e. The first-order valence-corrected chi connectivity index (χ1v) is 34.4. The zero-order chi connectivity index (χ0) is 69.4. The van der Waals surface area contributed by atoms with Crippen molar-refractivity contribution in [2.75, 3.05) is 19.8 Å². The number of carbonyl (C=O) groups excluding carboxylic acids is 1. The minimum atomic E-state index is -5.16. The Morgan fingerprint density at radius 3 is 1.77 bits per heavy atom. The van der Waals surface area contributed by atoms with E-state index in [2.05, 4.69) is 6.08 Å². The molecule has 33 nitrogen and oxygen atoms in total. The fourth-order valence-corrected chi connectivity index (χ4v) is 17.2. The number of fused-ring (bicyclic) bond motifs is 5. The molecule has 0 aromatic rings. The van der Waals surface area contributed by atoms with E-state index < -0.39 is 237 Å². The van der Waals surface area contributed by atoms with E-state index >= 15 is 0 Å². The van der Waals surface area contributed by atoms with E-state index in [1.807, 2.05) is 20.8 Å². The second-order valence-corrected chi connectivity index (χ2v) is 29.8. The quantitative estimate of drug-likeness (QED) is 0.0220. The Morgan fingerprint density at radius 1 is 0.604 bits per heavy atom. The predicted octanol–water partition coefficient (Wildman–Crippen LogP) is -8.58. The molecule has 9 fully saturated rings. The molecule has 548 valence electrons. The van der Waals surface area contributed by atoms with Gasteiger partial charge in [0.1, 0.15) is 128 Å². The first-order valence-electron chi connectivity index (χ1n) is 33.0. The maximum atomic E-state index is 13.2. The van der Waals surface area contributed by atoms with Crippen molar-refractivity contribution in [3.63, 3.8) is 0 Å². The van der Waals surface area contributed by atoms with E-state index in [0.29, 0.717) is 32.1 Å². The number of aliphatic hydroxyl groups excluding tert-OH is 15. The third kappa shape index (κ3) is 16.3. The second-order valence-electron chi connectivity index (χ2n) is 28.8. The molecule has 6 saturated heterocycles. The minimum absolute atomic E-state index is 0. The summed E-state index contributed by atoms with van der Waals surface area (Å²) >= 11 is 0. The van der Waals surface area contributed by atoms with Crippen molar-refractivity contribution in [1.29, 1.82) is 0 Å². The Balaban J connectivity index is 0.0000108. The molecule has 38 atom stereocenters. The van der Waals surface area contributed by atoms with Crippen molar-refractivity contribution in [1.82, 2.24) is 0 Å². The van der Waals surface area contributed by atoms with E-state index in [0.717, 1.165) is 5.57 Å². The van der Waals surface area contributed by atoms with Gasteiger partial charge in [0, 0.05) is 12.8 Å². The Hall–Kier alpha value is -0.840. The maximum absolute atomic E-state index is 13.2. The van der Waals surface area contributed by atoms with Gasteiger partial charge in [-0.3, -0.25) is 8.98 Å². The molecule has 4 aliphatic carbocycles. The van der Waals surface area contributed by atoms with E-state index in [1.54, 1.807) is 6.92 Å². The minimum Gasteiger partial charge on any atom is -0.726 e. The van der Waals surface area contributed by atoms with E-state index in [-0.39, 0.29) is 90.6 Å². The van der Waals surface area contributed by atoms with Gasteiger partial charge in [-0.05, 0) is 114 Å². The van der Waals surface area contributed by atoms with Crippen LogP contribution in [0.25, 0.3) is 0 Å². The number of carbonyl (C=O) groups is 1. The van der Waals surface area contributed by atoms with Crippen LogP contribution in [0.4, 0.5) is 0 Å². The number of hydrogen-bond acceptors (Lipinski definition) is 33. The summed E-state index contributed by atoms with van der Waals surface area (Å²) in [6.45, 7) is 9.24. The largest absolute Gasteiger partial charge is 1.00 e. The Labute approximate surface area is 577 Å². The van der Waals surface area contributed by atoms with Crippen molar-refractivity contribution in [2.45, 2.75) is 302 Å². The van der Waals surface area contributed by atoms with Crippen molar-refractivity contribution in [3.05, 3.63) is 11.6 Å². The molecule has 35 heteroatoms. The van der Waals surface area contributed by atoms with E-state index in [4.69, 9.17) is 61.0 Å². The molecule has 0 aromatic carbocycles. The monoisotopic (exact) mass is 1410 g/mol. The number of allylic oxidation sites excluding steroid dienone is 2. The first kappa shape index (κ1) is 79.3. The smallest absolute Gasteiger partial charge is 0.726 e. The number of ketones is 1. The van der Waals surface area contributed by atoms with Crippen molar-refractivity contribution in [3.8, 4) is 0 Å². The zero-order valence-electron chi connectivity index (χ0n) is 54.9. The molecule has 0 aromatic heterocycles. The van der Waals surface area contributed by atoms with Crippen LogP contribution in [0.1, 0.15) is 106 Å². The third-order valence-electron chi connectivity index (χ3n) is 21.8. The van der Waals surface area contributed by atoms with Gasteiger partial charge < -0.3 is 143 Å². The number of ether oxygens (including phenoxy) is 12. The number of hydrogen-bond donors (Lipinski definition) is 16. The van der Waals surface area contributed by atoms with Gasteiger partial charge >= 0.3 is 29.6 Å². The SMILES string of the molecule is CC(C)CC(=O)C[C@](C)(O)[C@H]1CCC2C3C[C@H](OC4OC(C)C(O)C(OC5OC(C)C(OC6OC(CO)C(OC7OC(CO)C(O)C(O)C7O)C(O)C6OC6OCC(O)C(O)C6O)C(O)C5OC5OC(C)C(O)C(O)C5O)C4O)C4C[C@@H](OS(=O)(=O)[O-])CC[C@]4(C)C3=CCC21.[Na+]. The summed E-state index contributed by atoms with van der Waals surface area (Å²) in [5.41, 5.74) is -0.876. The molecule has 10 rings (SSSR count). The summed E-state index contributed by atoms with van der Waals surface area (Å²) < 4.78 is 115. The van der Waals surface area contributed by atoms with Gasteiger partial charge in [0.05, 0.1) is 55.9 Å². The average Bonchev–Trinajstić information content (AvgIpc) is 1.21. The van der Waals surface area contributed by atoms with Crippen LogP contribution in [-0.4, -0.2) is 316 Å².